The first-order chi connectivity index (χ1) is 22.6. The number of rotatable bonds is 5. The second-order valence-electron chi connectivity index (χ2n) is 11.2. The van der Waals surface area contributed by atoms with Gasteiger partial charge < -0.3 is 14.4 Å². The summed E-state index contributed by atoms with van der Waals surface area (Å²) in [6, 6.07) is 49.2. The van der Waals surface area contributed by atoms with Gasteiger partial charge in [-0.05, 0) is 71.3 Å². The van der Waals surface area contributed by atoms with Crippen molar-refractivity contribution in [1.82, 2.24) is 15.0 Å². The predicted octanol–water partition coefficient (Wildman–Crippen LogP) is 10.3. The number of pyridine rings is 3. The second kappa shape index (κ2) is 14.5. The molecule has 0 bridgehead atoms. The summed E-state index contributed by atoms with van der Waals surface area (Å²) in [5.41, 5.74) is 12.2. The number of hydrogen-bond donors (Lipinski definition) is 0. The number of benzene rings is 4. The molecule has 4 aromatic heterocycles. The van der Waals surface area contributed by atoms with Crippen molar-refractivity contribution in [1.29, 1.82) is 0 Å². The van der Waals surface area contributed by atoms with Crippen molar-refractivity contribution in [3.63, 3.8) is 0 Å². The Kier molecular flexibility index (Phi) is 9.77. The molecule has 0 saturated heterocycles. The summed E-state index contributed by atoms with van der Waals surface area (Å²) in [6.45, 7) is 4.27. The molecule has 0 saturated carbocycles. The minimum atomic E-state index is 0. The van der Waals surface area contributed by atoms with E-state index < -0.39 is 0 Å². The maximum Gasteiger partial charge on any atom is 0.216 e. The van der Waals surface area contributed by atoms with Crippen molar-refractivity contribution in [2.24, 2.45) is 0 Å². The SMILES string of the molecule is Cc1cccc(C)c1-c1ccc(-c2[c-]ccc3c2oc2nc(Cc4ccccc4)ccc23)nc1.[Ir].[c-]1ccccc1-c1ccccn1. The van der Waals surface area contributed by atoms with Gasteiger partial charge in [0.05, 0.1) is 5.58 Å². The number of nitrogens with zero attached hydrogens (tertiary/aromatic N) is 3. The van der Waals surface area contributed by atoms with E-state index in [1.54, 1.807) is 6.20 Å². The third-order valence-electron chi connectivity index (χ3n) is 8.02. The van der Waals surface area contributed by atoms with Gasteiger partial charge in [-0.25, -0.2) is 4.98 Å². The van der Waals surface area contributed by atoms with Crippen LogP contribution >= 0.6 is 0 Å². The van der Waals surface area contributed by atoms with E-state index in [4.69, 9.17) is 14.4 Å². The maximum absolute atomic E-state index is 6.29. The molecule has 0 unspecified atom stereocenters. The summed E-state index contributed by atoms with van der Waals surface area (Å²) in [5.74, 6) is 0. The van der Waals surface area contributed by atoms with Crippen LogP contribution in [0.4, 0.5) is 0 Å². The Bertz CT molecular complexity index is 2170. The Balaban J connectivity index is 0.000000250. The Morgan fingerprint density at radius 1 is 0.638 bits per heavy atom. The van der Waals surface area contributed by atoms with Crippen LogP contribution in [0.25, 0.3) is 55.7 Å². The van der Waals surface area contributed by atoms with Crippen molar-refractivity contribution in [3.8, 4) is 33.6 Å². The van der Waals surface area contributed by atoms with Crippen LogP contribution in [0.1, 0.15) is 22.4 Å². The van der Waals surface area contributed by atoms with Gasteiger partial charge in [0.15, 0.2) is 0 Å². The summed E-state index contributed by atoms with van der Waals surface area (Å²) in [6.07, 6.45) is 4.50. The van der Waals surface area contributed by atoms with Crippen molar-refractivity contribution in [2.75, 3.05) is 0 Å². The van der Waals surface area contributed by atoms with E-state index in [9.17, 15) is 0 Å². The third kappa shape index (κ3) is 6.97. The van der Waals surface area contributed by atoms with E-state index >= 15 is 0 Å². The molecule has 0 aliphatic rings. The molecule has 8 rings (SSSR count). The van der Waals surface area contributed by atoms with Crippen LogP contribution in [0.15, 0.2) is 144 Å². The van der Waals surface area contributed by atoms with Crippen molar-refractivity contribution >= 4 is 22.1 Å². The fraction of sp³-hybridized carbons (Fsp3) is 0.0714. The molecular formula is C42H31IrN3O-2. The first-order valence-electron chi connectivity index (χ1n) is 15.3. The molecule has 1 radical (unpaired) electrons. The normalized spacial score (nSPS) is 10.7. The number of hydrogen-bond acceptors (Lipinski definition) is 4. The molecule has 231 valence electrons. The fourth-order valence-corrected chi connectivity index (χ4v) is 5.79. The van der Waals surface area contributed by atoms with Crippen molar-refractivity contribution < 1.29 is 24.5 Å². The van der Waals surface area contributed by atoms with E-state index in [2.05, 4.69) is 91.6 Å². The molecule has 0 aliphatic heterocycles. The van der Waals surface area contributed by atoms with Gasteiger partial charge in [-0.3, -0.25) is 0 Å². The smallest absolute Gasteiger partial charge is 0.216 e. The summed E-state index contributed by atoms with van der Waals surface area (Å²) in [5, 5.41) is 2.04. The molecule has 4 heterocycles. The molecule has 4 nitrogen and oxygen atoms in total. The number of fused-ring (bicyclic) bond motifs is 3. The first-order valence-corrected chi connectivity index (χ1v) is 15.3. The third-order valence-corrected chi connectivity index (χ3v) is 8.02. The zero-order valence-corrected chi connectivity index (χ0v) is 28.5. The molecule has 0 spiro atoms. The van der Waals surface area contributed by atoms with Crippen LogP contribution in [-0.4, -0.2) is 15.0 Å². The minimum Gasteiger partial charge on any atom is -0.486 e. The molecule has 0 fully saturated rings. The summed E-state index contributed by atoms with van der Waals surface area (Å²) in [7, 11) is 0. The number of aryl methyl sites for hydroxylation is 2. The molecule has 4 aromatic carbocycles. The van der Waals surface area contributed by atoms with Crippen molar-refractivity contribution in [2.45, 2.75) is 20.3 Å². The summed E-state index contributed by atoms with van der Waals surface area (Å²) < 4.78 is 6.29. The monoisotopic (exact) mass is 786 g/mol. The van der Waals surface area contributed by atoms with Gasteiger partial charge in [0.1, 0.15) is 0 Å². The zero-order chi connectivity index (χ0) is 31.3. The number of furan rings is 1. The largest absolute Gasteiger partial charge is 0.486 e. The maximum atomic E-state index is 6.29. The van der Waals surface area contributed by atoms with Crippen LogP contribution in [-0.2, 0) is 26.5 Å². The molecule has 0 N–H and O–H groups in total. The average molecular weight is 786 g/mol. The fourth-order valence-electron chi connectivity index (χ4n) is 5.79. The molecule has 0 amide bonds. The molecule has 5 heteroatoms. The Morgan fingerprint density at radius 3 is 2.17 bits per heavy atom. The van der Waals surface area contributed by atoms with Gasteiger partial charge in [0.25, 0.3) is 0 Å². The zero-order valence-electron chi connectivity index (χ0n) is 26.1. The molecule has 0 atom stereocenters. The Labute approximate surface area is 288 Å². The van der Waals surface area contributed by atoms with E-state index in [0.717, 1.165) is 56.5 Å². The van der Waals surface area contributed by atoms with Crippen LogP contribution in [0.2, 0.25) is 0 Å². The quantitative estimate of drug-likeness (QED) is 0.163. The Morgan fingerprint density at radius 2 is 1.45 bits per heavy atom. The standard InChI is InChI=1S/C31H23N2O.C11H8N.Ir/c1-20-8-6-9-21(2)29(20)23-14-17-28(32-19-23)27-13-7-12-25-26-16-15-24(33-31(26)34-30(25)27)18-22-10-4-3-5-11-22;1-2-6-10(7-3-1)11-8-4-5-9-12-11;/h3-12,14-17,19H,18H2,1-2H3;1-6,8-9H;/q2*-1;. The number of aromatic nitrogens is 3. The van der Waals surface area contributed by atoms with Crippen LogP contribution in [0.3, 0.4) is 0 Å². The van der Waals surface area contributed by atoms with E-state index in [1.807, 2.05) is 72.9 Å². The van der Waals surface area contributed by atoms with Gasteiger partial charge in [-0.15, -0.1) is 54.1 Å². The van der Waals surface area contributed by atoms with Gasteiger partial charge in [0.2, 0.25) is 5.71 Å². The summed E-state index contributed by atoms with van der Waals surface area (Å²) in [4.78, 5) is 13.8. The average Bonchev–Trinajstić information content (AvgIpc) is 3.48. The first kappa shape index (κ1) is 31.7. The second-order valence-corrected chi connectivity index (χ2v) is 11.2. The molecule has 8 aromatic rings. The summed E-state index contributed by atoms with van der Waals surface area (Å²) >= 11 is 0. The van der Waals surface area contributed by atoms with Crippen LogP contribution < -0.4 is 0 Å². The van der Waals surface area contributed by atoms with Gasteiger partial charge in [-0.2, -0.15) is 0 Å². The topological polar surface area (TPSA) is 51.8 Å². The van der Waals surface area contributed by atoms with Gasteiger partial charge in [0, 0.05) is 50.0 Å². The van der Waals surface area contributed by atoms with Crippen LogP contribution in [0, 0.1) is 26.0 Å². The van der Waals surface area contributed by atoms with Crippen molar-refractivity contribution in [3.05, 3.63) is 174 Å². The van der Waals surface area contributed by atoms with Crippen LogP contribution in [0.5, 0.6) is 0 Å². The molecular weight excluding hydrogens is 755 g/mol. The Hall–Kier alpha value is -5.22. The molecule has 47 heavy (non-hydrogen) atoms. The van der Waals surface area contributed by atoms with E-state index in [0.29, 0.717) is 5.71 Å². The van der Waals surface area contributed by atoms with Gasteiger partial charge in [-0.1, -0.05) is 83.7 Å². The van der Waals surface area contributed by atoms with Gasteiger partial charge >= 0.3 is 0 Å². The van der Waals surface area contributed by atoms with E-state index in [1.165, 1.54) is 22.3 Å². The predicted molar refractivity (Wildman–Crippen MR) is 186 cm³/mol. The minimum absolute atomic E-state index is 0. The van der Waals surface area contributed by atoms with E-state index in [-0.39, 0.29) is 20.1 Å². The molecule has 0 aliphatic carbocycles.